The Kier molecular flexibility index (Phi) is 4.45. The molecule has 0 unspecified atom stereocenters. The van der Waals surface area contributed by atoms with Crippen LogP contribution in [0.1, 0.15) is 0 Å². The summed E-state index contributed by atoms with van der Waals surface area (Å²) in [5.41, 5.74) is -0.880. The van der Waals surface area contributed by atoms with Gasteiger partial charge in [-0.3, -0.25) is 0 Å². The molecule has 0 bridgehead atoms. The molecule has 0 N–H and O–H groups in total. The molecule has 0 atom stereocenters. The van der Waals surface area contributed by atoms with Crippen molar-refractivity contribution >= 4 is 32.3 Å². The van der Waals surface area contributed by atoms with E-state index in [4.69, 9.17) is 21.0 Å². The van der Waals surface area contributed by atoms with Gasteiger partial charge in [0, 0.05) is 0 Å². The summed E-state index contributed by atoms with van der Waals surface area (Å²) in [6.45, 7) is 0. The molecule has 0 saturated heterocycles. The molecule has 0 aliphatic heterocycles. The van der Waals surface area contributed by atoms with Gasteiger partial charge in [0.25, 0.3) is 0 Å². The third-order valence-corrected chi connectivity index (χ3v) is 4.09. The van der Waals surface area contributed by atoms with Crippen molar-refractivity contribution in [1.82, 2.24) is 0 Å². The van der Waals surface area contributed by atoms with Crippen molar-refractivity contribution in [3.8, 4) is 24.3 Å². The summed E-state index contributed by atoms with van der Waals surface area (Å²) in [6, 6.07) is 27.6. The Balaban J connectivity index is 0.000000172. The van der Waals surface area contributed by atoms with Crippen LogP contribution in [0.4, 0.5) is 0 Å². The largest absolute Gasteiger partial charge is 0.192 e. The second-order valence-corrected chi connectivity index (χ2v) is 5.49. The molecule has 0 saturated carbocycles. The van der Waals surface area contributed by atoms with Crippen molar-refractivity contribution in [3.63, 3.8) is 0 Å². The summed E-state index contributed by atoms with van der Waals surface area (Å²) in [4.78, 5) is 0. The minimum absolute atomic E-state index is 0.440. The van der Waals surface area contributed by atoms with Crippen LogP contribution in [0, 0.1) is 45.3 Å². The highest BCUT2D eigenvalue weighted by atomic mass is 14.3. The maximum atomic E-state index is 8.13. The van der Waals surface area contributed by atoms with Gasteiger partial charge in [-0.05, 0) is 32.3 Å². The van der Waals surface area contributed by atoms with Crippen molar-refractivity contribution in [2.45, 2.75) is 0 Å². The van der Waals surface area contributed by atoms with Crippen LogP contribution in [0.3, 0.4) is 0 Å². The van der Waals surface area contributed by atoms with Crippen LogP contribution in [0.2, 0.25) is 0 Å². The molecule has 118 valence electrons. The molecule has 4 aromatic carbocycles. The lowest BCUT2D eigenvalue weighted by Gasteiger charge is -2.09. The third kappa shape index (κ3) is 2.76. The zero-order valence-corrected chi connectivity index (χ0v) is 13.6. The van der Waals surface area contributed by atoms with Crippen LogP contribution in [0.25, 0.3) is 32.3 Å². The molecular weight excluding hydrogens is 320 g/mol. The van der Waals surface area contributed by atoms with Gasteiger partial charge < -0.3 is 0 Å². The fourth-order valence-electron chi connectivity index (χ4n) is 2.94. The summed E-state index contributed by atoms with van der Waals surface area (Å²) in [7, 11) is 0. The van der Waals surface area contributed by atoms with Crippen LogP contribution in [-0.2, 0) is 0 Å². The molecule has 0 aliphatic rings. The van der Waals surface area contributed by atoms with Crippen LogP contribution in [0.5, 0.6) is 0 Å². The summed E-state index contributed by atoms with van der Waals surface area (Å²) >= 11 is 0. The Morgan fingerprint density at radius 3 is 0.962 bits per heavy atom. The SMILES string of the molecule is N#CC(C#N)=C(C#N)C#N.c1cc2ccc3cccc4ccc(c1)c2c34. The van der Waals surface area contributed by atoms with Gasteiger partial charge in [0.2, 0.25) is 0 Å². The van der Waals surface area contributed by atoms with Gasteiger partial charge in [-0.15, -0.1) is 0 Å². The van der Waals surface area contributed by atoms with E-state index in [0.717, 1.165) is 0 Å². The van der Waals surface area contributed by atoms with Crippen molar-refractivity contribution in [1.29, 1.82) is 21.0 Å². The van der Waals surface area contributed by atoms with E-state index in [9.17, 15) is 0 Å². The fourth-order valence-corrected chi connectivity index (χ4v) is 2.94. The smallest absolute Gasteiger partial charge is 0.158 e. The van der Waals surface area contributed by atoms with Crippen molar-refractivity contribution in [3.05, 3.63) is 71.8 Å². The zero-order valence-electron chi connectivity index (χ0n) is 13.6. The minimum atomic E-state index is -0.440. The van der Waals surface area contributed by atoms with E-state index < -0.39 is 11.1 Å². The minimum Gasteiger partial charge on any atom is -0.192 e. The molecule has 0 aromatic heterocycles. The summed E-state index contributed by atoms with van der Waals surface area (Å²) in [5, 5.41) is 40.6. The van der Waals surface area contributed by atoms with Gasteiger partial charge in [-0.25, -0.2) is 0 Å². The first-order chi connectivity index (χ1) is 12.7. The maximum Gasteiger partial charge on any atom is 0.158 e. The molecule has 0 radical (unpaired) electrons. The van der Waals surface area contributed by atoms with Crippen LogP contribution < -0.4 is 0 Å². The molecule has 0 spiro atoms. The Hall–Kier alpha value is -4.38. The Bertz CT molecular complexity index is 1120. The molecule has 4 aromatic rings. The van der Waals surface area contributed by atoms with E-state index in [1.165, 1.54) is 56.6 Å². The normalized spacial score (nSPS) is 9.38. The Morgan fingerprint density at radius 1 is 0.462 bits per heavy atom. The quantitative estimate of drug-likeness (QED) is 0.336. The number of benzene rings is 4. The first-order valence-electron chi connectivity index (χ1n) is 7.70. The van der Waals surface area contributed by atoms with Gasteiger partial charge >= 0.3 is 0 Å². The molecule has 4 nitrogen and oxygen atoms in total. The molecule has 0 heterocycles. The van der Waals surface area contributed by atoms with E-state index in [1.54, 1.807) is 0 Å². The molecular formula is C22H10N4. The monoisotopic (exact) mass is 330 g/mol. The van der Waals surface area contributed by atoms with Crippen molar-refractivity contribution in [2.75, 3.05) is 0 Å². The first kappa shape index (κ1) is 16.5. The van der Waals surface area contributed by atoms with Gasteiger partial charge in [0.15, 0.2) is 11.1 Å². The maximum absolute atomic E-state index is 8.13. The predicted octanol–water partition coefficient (Wildman–Crippen LogP) is 4.96. The van der Waals surface area contributed by atoms with E-state index >= 15 is 0 Å². The van der Waals surface area contributed by atoms with Gasteiger partial charge in [0.1, 0.15) is 24.3 Å². The molecule has 26 heavy (non-hydrogen) atoms. The topological polar surface area (TPSA) is 95.2 Å². The Labute approximate surface area is 150 Å². The highest BCUT2D eigenvalue weighted by Crippen LogP contribution is 2.33. The number of allylic oxidation sites excluding steroid dienone is 2. The summed E-state index contributed by atoms with van der Waals surface area (Å²) < 4.78 is 0. The van der Waals surface area contributed by atoms with Gasteiger partial charge in [0.05, 0.1) is 0 Å². The Morgan fingerprint density at radius 2 is 0.731 bits per heavy atom. The molecule has 0 fully saturated rings. The number of hydrogen-bond donors (Lipinski definition) is 0. The third-order valence-electron chi connectivity index (χ3n) is 4.09. The standard InChI is InChI=1S/C16H10.C6N4/c1-3-11-7-9-13-5-2-6-14-10-8-12(4-1)15(11)16(13)14;7-1-5(2-8)6(3-9)4-10/h1-10H;. The molecule has 4 rings (SSSR count). The average molecular weight is 330 g/mol. The van der Waals surface area contributed by atoms with E-state index in [1.807, 2.05) is 0 Å². The van der Waals surface area contributed by atoms with E-state index in [2.05, 4.69) is 60.7 Å². The van der Waals surface area contributed by atoms with Gasteiger partial charge in [-0.2, -0.15) is 21.0 Å². The van der Waals surface area contributed by atoms with Gasteiger partial charge in [-0.1, -0.05) is 60.7 Å². The first-order valence-corrected chi connectivity index (χ1v) is 7.70. The van der Waals surface area contributed by atoms with Crippen LogP contribution in [-0.4, -0.2) is 0 Å². The number of rotatable bonds is 0. The average Bonchev–Trinajstić information content (AvgIpc) is 2.71. The molecule has 0 amide bonds. The lowest BCUT2D eigenvalue weighted by molar-refractivity contribution is 1.41. The highest BCUT2D eigenvalue weighted by molar-refractivity contribution is 6.22. The lowest BCUT2D eigenvalue weighted by Crippen LogP contribution is -1.82. The number of hydrogen-bond acceptors (Lipinski definition) is 4. The zero-order chi connectivity index (χ0) is 18.5. The number of nitrogens with zero attached hydrogens (tertiary/aromatic N) is 4. The summed E-state index contributed by atoms with van der Waals surface area (Å²) in [6.07, 6.45) is 0. The molecule has 0 aliphatic carbocycles. The highest BCUT2D eigenvalue weighted by Gasteiger charge is 2.06. The summed E-state index contributed by atoms with van der Waals surface area (Å²) in [5.74, 6) is 0. The molecule has 4 heteroatoms. The second-order valence-electron chi connectivity index (χ2n) is 5.49. The predicted molar refractivity (Wildman–Crippen MR) is 99.6 cm³/mol. The number of nitriles is 4. The fraction of sp³-hybridized carbons (Fsp3) is 0. The van der Waals surface area contributed by atoms with Crippen molar-refractivity contribution < 1.29 is 0 Å². The van der Waals surface area contributed by atoms with Crippen LogP contribution in [0.15, 0.2) is 71.8 Å². The van der Waals surface area contributed by atoms with Crippen LogP contribution >= 0.6 is 0 Å². The second kappa shape index (κ2) is 7.02. The lowest BCUT2D eigenvalue weighted by atomic mass is 9.95. The van der Waals surface area contributed by atoms with Crippen molar-refractivity contribution in [2.24, 2.45) is 0 Å². The van der Waals surface area contributed by atoms with E-state index in [-0.39, 0.29) is 0 Å². The van der Waals surface area contributed by atoms with E-state index in [0.29, 0.717) is 0 Å².